The molecular formula is C14H19N3O4S2. The van der Waals surface area contributed by atoms with E-state index in [9.17, 15) is 13.2 Å². The van der Waals surface area contributed by atoms with Crippen molar-refractivity contribution >= 4 is 38.8 Å². The molecule has 1 aromatic heterocycles. The Kier molecular flexibility index (Phi) is 5.33. The van der Waals surface area contributed by atoms with Crippen molar-refractivity contribution < 1.29 is 17.9 Å². The van der Waals surface area contributed by atoms with Crippen molar-refractivity contribution in [1.82, 2.24) is 9.55 Å². The summed E-state index contributed by atoms with van der Waals surface area (Å²) in [7, 11) is -3.78. The minimum absolute atomic E-state index is 0.0146. The largest absolute Gasteiger partial charge is 0.465 e. The van der Waals surface area contributed by atoms with Crippen molar-refractivity contribution in [3.05, 3.63) is 18.2 Å². The normalized spacial score (nSPS) is 13.2. The van der Waals surface area contributed by atoms with Crippen molar-refractivity contribution in [3.63, 3.8) is 0 Å². The second-order valence-corrected chi connectivity index (χ2v) is 7.72. The second kappa shape index (κ2) is 6.90. The molecule has 0 aliphatic carbocycles. The molecule has 126 valence electrons. The van der Waals surface area contributed by atoms with Crippen molar-refractivity contribution in [2.75, 3.05) is 6.61 Å². The van der Waals surface area contributed by atoms with Crippen molar-refractivity contribution in [2.45, 2.75) is 42.6 Å². The smallest absolute Gasteiger partial charge is 0.319 e. The summed E-state index contributed by atoms with van der Waals surface area (Å²) in [6.07, 6.45) is 0. The number of sulfonamides is 1. The molecule has 2 rings (SSSR count). The van der Waals surface area contributed by atoms with Gasteiger partial charge in [0.25, 0.3) is 0 Å². The molecule has 0 unspecified atom stereocenters. The first-order valence-corrected chi connectivity index (χ1v) is 9.56. The number of aromatic nitrogens is 2. The van der Waals surface area contributed by atoms with E-state index in [1.807, 2.05) is 11.5 Å². The molecule has 0 amide bonds. The van der Waals surface area contributed by atoms with Gasteiger partial charge in [0, 0.05) is 6.54 Å². The molecule has 0 saturated heterocycles. The lowest BCUT2D eigenvalue weighted by Gasteiger charge is -2.10. The standard InChI is InChI=1S/C14H19N3O4S2/c1-4-17-12-7-6-10(23(15,19)20)8-11(12)16-14(17)22-9(3)13(18)21-5-2/h6-9H,4-5H2,1-3H3,(H2,15,19,20)/t9-/m0/s1. The number of fused-ring (bicyclic) bond motifs is 1. The van der Waals surface area contributed by atoms with Crippen LogP contribution in [0.25, 0.3) is 11.0 Å². The van der Waals surface area contributed by atoms with Gasteiger partial charge in [0.05, 0.1) is 22.5 Å². The van der Waals surface area contributed by atoms with Gasteiger partial charge in [-0.05, 0) is 39.0 Å². The molecule has 1 aromatic carbocycles. The van der Waals surface area contributed by atoms with E-state index in [0.29, 0.717) is 23.8 Å². The third-order valence-electron chi connectivity index (χ3n) is 3.23. The van der Waals surface area contributed by atoms with E-state index in [1.165, 1.54) is 23.9 Å². The highest BCUT2D eigenvalue weighted by molar-refractivity contribution is 8.00. The number of primary sulfonamides is 1. The number of aryl methyl sites for hydroxylation is 1. The molecule has 2 N–H and O–H groups in total. The number of imidazole rings is 1. The molecule has 7 nitrogen and oxygen atoms in total. The van der Waals surface area contributed by atoms with E-state index in [-0.39, 0.29) is 10.9 Å². The predicted molar refractivity (Wildman–Crippen MR) is 88.7 cm³/mol. The van der Waals surface area contributed by atoms with Crippen LogP contribution in [0.2, 0.25) is 0 Å². The Morgan fingerprint density at radius 3 is 2.70 bits per heavy atom. The third kappa shape index (κ3) is 3.85. The summed E-state index contributed by atoms with van der Waals surface area (Å²) in [6, 6.07) is 4.56. The number of nitrogens with zero attached hydrogens (tertiary/aromatic N) is 2. The van der Waals surface area contributed by atoms with E-state index in [0.717, 1.165) is 5.52 Å². The Balaban J connectivity index is 2.42. The van der Waals surface area contributed by atoms with Crippen LogP contribution < -0.4 is 5.14 Å². The maximum atomic E-state index is 11.8. The second-order valence-electron chi connectivity index (χ2n) is 4.85. The summed E-state index contributed by atoms with van der Waals surface area (Å²) >= 11 is 1.28. The van der Waals surface area contributed by atoms with Gasteiger partial charge in [-0.1, -0.05) is 11.8 Å². The van der Waals surface area contributed by atoms with Gasteiger partial charge in [-0.25, -0.2) is 18.5 Å². The molecule has 0 bridgehead atoms. The van der Waals surface area contributed by atoms with Gasteiger partial charge in [-0.3, -0.25) is 4.79 Å². The zero-order chi connectivity index (χ0) is 17.2. The number of ether oxygens (including phenoxy) is 1. The highest BCUT2D eigenvalue weighted by atomic mass is 32.2. The average Bonchev–Trinajstić information content (AvgIpc) is 2.82. The first-order chi connectivity index (χ1) is 10.8. The number of rotatable bonds is 6. The maximum Gasteiger partial charge on any atom is 0.319 e. The highest BCUT2D eigenvalue weighted by Crippen LogP contribution is 2.28. The van der Waals surface area contributed by atoms with E-state index in [4.69, 9.17) is 9.88 Å². The minimum atomic E-state index is -3.78. The number of benzene rings is 1. The molecule has 1 heterocycles. The van der Waals surface area contributed by atoms with E-state index in [2.05, 4.69) is 4.98 Å². The number of hydrogen-bond donors (Lipinski definition) is 1. The molecule has 0 saturated carbocycles. The van der Waals surface area contributed by atoms with Crippen LogP contribution in [0.3, 0.4) is 0 Å². The fourth-order valence-electron chi connectivity index (χ4n) is 2.13. The summed E-state index contributed by atoms with van der Waals surface area (Å²) in [5.41, 5.74) is 1.32. The fraction of sp³-hybridized carbons (Fsp3) is 0.429. The molecule has 23 heavy (non-hydrogen) atoms. The molecule has 2 aromatic rings. The number of thioether (sulfide) groups is 1. The molecule has 9 heteroatoms. The van der Waals surface area contributed by atoms with Gasteiger partial charge in [-0.2, -0.15) is 0 Å². The van der Waals surface area contributed by atoms with Crippen LogP contribution in [0.5, 0.6) is 0 Å². The summed E-state index contributed by atoms with van der Waals surface area (Å²) in [4.78, 5) is 16.2. The lowest BCUT2D eigenvalue weighted by molar-refractivity contribution is -0.142. The Hall–Kier alpha value is -1.58. The van der Waals surface area contributed by atoms with Gasteiger partial charge in [-0.15, -0.1) is 0 Å². The molecule has 0 aliphatic heterocycles. The number of carbonyl (C=O) groups excluding carboxylic acids is 1. The van der Waals surface area contributed by atoms with Gasteiger partial charge >= 0.3 is 5.97 Å². The lowest BCUT2D eigenvalue weighted by atomic mass is 10.3. The number of nitrogens with two attached hydrogens (primary N) is 1. The molecular weight excluding hydrogens is 338 g/mol. The van der Waals surface area contributed by atoms with Crippen LogP contribution >= 0.6 is 11.8 Å². The van der Waals surface area contributed by atoms with Crippen molar-refractivity contribution in [1.29, 1.82) is 0 Å². The lowest BCUT2D eigenvalue weighted by Crippen LogP contribution is -2.17. The molecule has 1 atom stereocenters. The third-order valence-corrected chi connectivity index (χ3v) is 5.21. The Labute approximate surface area is 139 Å². The number of esters is 1. The first kappa shape index (κ1) is 17.8. The summed E-state index contributed by atoms with van der Waals surface area (Å²) < 4.78 is 29.8. The topological polar surface area (TPSA) is 104 Å². The number of hydrogen-bond acceptors (Lipinski definition) is 6. The first-order valence-electron chi connectivity index (χ1n) is 7.14. The van der Waals surface area contributed by atoms with Crippen LogP contribution in [0.15, 0.2) is 28.3 Å². The predicted octanol–water partition coefficient (Wildman–Crippen LogP) is 1.75. The van der Waals surface area contributed by atoms with E-state index in [1.54, 1.807) is 19.9 Å². The molecule has 0 aliphatic rings. The summed E-state index contributed by atoms with van der Waals surface area (Å²) in [5, 5.41) is 5.38. The Morgan fingerprint density at radius 1 is 1.43 bits per heavy atom. The van der Waals surface area contributed by atoms with E-state index < -0.39 is 15.3 Å². The van der Waals surface area contributed by atoms with Crippen LogP contribution in [0, 0.1) is 0 Å². The fourth-order valence-corrected chi connectivity index (χ4v) is 3.65. The zero-order valence-electron chi connectivity index (χ0n) is 13.1. The van der Waals surface area contributed by atoms with Crippen LogP contribution in [-0.2, 0) is 26.1 Å². The average molecular weight is 357 g/mol. The van der Waals surface area contributed by atoms with Crippen molar-refractivity contribution in [2.24, 2.45) is 5.14 Å². The Bertz CT molecular complexity index is 830. The van der Waals surface area contributed by atoms with Crippen LogP contribution in [0.1, 0.15) is 20.8 Å². The monoisotopic (exact) mass is 357 g/mol. The molecule has 0 radical (unpaired) electrons. The Morgan fingerprint density at radius 2 is 2.13 bits per heavy atom. The SMILES string of the molecule is CCOC(=O)[C@H](C)Sc1nc2cc(S(N)(=O)=O)ccc2n1CC. The zero-order valence-corrected chi connectivity index (χ0v) is 14.8. The van der Waals surface area contributed by atoms with Gasteiger partial charge in [0.1, 0.15) is 5.25 Å². The summed E-state index contributed by atoms with van der Waals surface area (Å²) in [6.45, 7) is 6.42. The highest BCUT2D eigenvalue weighted by Gasteiger charge is 2.20. The van der Waals surface area contributed by atoms with E-state index >= 15 is 0 Å². The van der Waals surface area contributed by atoms with Gasteiger partial charge in [0.2, 0.25) is 10.0 Å². The molecule has 0 fully saturated rings. The summed E-state index contributed by atoms with van der Waals surface area (Å²) in [5.74, 6) is -0.308. The maximum absolute atomic E-state index is 11.8. The van der Waals surface area contributed by atoms with Crippen LogP contribution in [0.4, 0.5) is 0 Å². The van der Waals surface area contributed by atoms with Crippen molar-refractivity contribution in [3.8, 4) is 0 Å². The minimum Gasteiger partial charge on any atom is -0.465 e. The number of carbonyl (C=O) groups is 1. The van der Waals surface area contributed by atoms with Gasteiger partial charge < -0.3 is 9.30 Å². The quantitative estimate of drug-likeness (QED) is 0.624. The van der Waals surface area contributed by atoms with Gasteiger partial charge in [0.15, 0.2) is 5.16 Å². The molecule has 0 spiro atoms. The van der Waals surface area contributed by atoms with Crippen LogP contribution in [-0.4, -0.2) is 35.8 Å².